The monoisotopic (exact) mass is 340 g/mol. The Morgan fingerprint density at radius 1 is 0.960 bits per heavy atom. The van der Waals surface area contributed by atoms with Gasteiger partial charge in [0, 0.05) is 6.08 Å². The SMILES string of the molecule is CC(C)=CCC/C(C)=C/CC/C(C)=C/C(=O)Oc1ccccc1C=O. The number of esters is 1. The Morgan fingerprint density at radius 2 is 1.60 bits per heavy atom. The summed E-state index contributed by atoms with van der Waals surface area (Å²) < 4.78 is 5.24. The number of hydrogen-bond acceptors (Lipinski definition) is 3. The molecule has 0 N–H and O–H groups in total. The quantitative estimate of drug-likeness (QED) is 0.187. The molecule has 0 radical (unpaired) electrons. The molecule has 1 rings (SSSR count). The number of rotatable bonds is 9. The number of allylic oxidation sites excluding steroid dienone is 5. The van der Waals surface area contributed by atoms with Crippen molar-refractivity contribution in [1.82, 2.24) is 0 Å². The molecule has 1 aromatic carbocycles. The summed E-state index contributed by atoms with van der Waals surface area (Å²) in [5.41, 5.74) is 4.05. The zero-order valence-corrected chi connectivity index (χ0v) is 15.7. The van der Waals surface area contributed by atoms with Crippen molar-refractivity contribution in [3.05, 3.63) is 64.8 Å². The molecule has 0 fully saturated rings. The minimum Gasteiger partial charge on any atom is -0.423 e. The molecule has 0 heterocycles. The van der Waals surface area contributed by atoms with Gasteiger partial charge in [-0.15, -0.1) is 0 Å². The van der Waals surface area contributed by atoms with E-state index in [4.69, 9.17) is 4.74 Å². The summed E-state index contributed by atoms with van der Waals surface area (Å²) in [5, 5.41) is 0. The highest BCUT2D eigenvalue weighted by Crippen LogP contribution is 2.17. The Labute approximate surface area is 151 Å². The minimum absolute atomic E-state index is 0.293. The molecule has 25 heavy (non-hydrogen) atoms. The van der Waals surface area contributed by atoms with Crippen molar-refractivity contribution in [3.63, 3.8) is 0 Å². The van der Waals surface area contributed by atoms with E-state index in [9.17, 15) is 9.59 Å². The van der Waals surface area contributed by atoms with E-state index in [2.05, 4.69) is 32.9 Å². The molecule has 134 valence electrons. The Balaban J connectivity index is 2.48. The number of para-hydroxylation sites is 1. The average Bonchev–Trinajstić information content (AvgIpc) is 2.54. The van der Waals surface area contributed by atoms with Gasteiger partial charge in [0.25, 0.3) is 0 Å². The lowest BCUT2D eigenvalue weighted by Gasteiger charge is -2.05. The van der Waals surface area contributed by atoms with Crippen LogP contribution in [0.5, 0.6) is 5.75 Å². The third kappa shape index (κ3) is 8.85. The van der Waals surface area contributed by atoms with E-state index >= 15 is 0 Å². The summed E-state index contributed by atoms with van der Waals surface area (Å²) in [6.07, 6.45) is 10.5. The first-order valence-corrected chi connectivity index (χ1v) is 8.64. The van der Waals surface area contributed by atoms with Gasteiger partial charge in [0.15, 0.2) is 6.29 Å². The van der Waals surface area contributed by atoms with Crippen LogP contribution in [0.2, 0.25) is 0 Å². The van der Waals surface area contributed by atoms with E-state index in [0.717, 1.165) is 31.3 Å². The topological polar surface area (TPSA) is 43.4 Å². The lowest BCUT2D eigenvalue weighted by molar-refractivity contribution is -0.129. The fourth-order valence-corrected chi connectivity index (χ4v) is 2.32. The van der Waals surface area contributed by atoms with Crippen molar-refractivity contribution in [3.8, 4) is 5.75 Å². The van der Waals surface area contributed by atoms with E-state index < -0.39 is 5.97 Å². The summed E-state index contributed by atoms with van der Waals surface area (Å²) in [5.74, 6) is -0.155. The number of benzene rings is 1. The predicted octanol–water partition coefficient (Wildman–Crippen LogP) is 5.82. The van der Waals surface area contributed by atoms with Gasteiger partial charge in [0.2, 0.25) is 0 Å². The number of carbonyl (C=O) groups is 2. The van der Waals surface area contributed by atoms with Gasteiger partial charge in [-0.3, -0.25) is 4.79 Å². The summed E-state index contributed by atoms with van der Waals surface area (Å²) in [7, 11) is 0. The summed E-state index contributed by atoms with van der Waals surface area (Å²) in [6, 6.07) is 6.70. The van der Waals surface area contributed by atoms with Crippen LogP contribution < -0.4 is 4.74 Å². The molecule has 0 aliphatic carbocycles. The number of aldehydes is 1. The molecule has 0 atom stereocenters. The molecule has 0 saturated carbocycles. The van der Waals surface area contributed by atoms with E-state index in [0.29, 0.717) is 17.6 Å². The second-order valence-electron chi connectivity index (χ2n) is 6.48. The van der Waals surface area contributed by atoms with Gasteiger partial charge in [-0.25, -0.2) is 4.79 Å². The second kappa shape index (κ2) is 11.2. The van der Waals surface area contributed by atoms with Crippen molar-refractivity contribution in [2.24, 2.45) is 0 Å². The Hall–Kier alpha value is -2.42. The molecule has 0 bridgehead atoms. The van der Waals surface area contributed by atoms with Crippen LogP contribution in [0, 0.1) is 0 Å². The van der Waals surface area contributed by atoms with Gasteiger partial charge in [-0.2, -0.15) is 0 Å². The van der Waals surface area contributed by atoms with Crippen LogP contribution in [0.4, 0.5) is 0 Å². The minimum atomic E-state index is -0.448. The third-order valence-corrected chi connectivity index (χ3v) is 3.74. The van der Waals surface area contributed by atoms with E-state index in [1.807, 2.05) is 6.92 Å². The van der Waals surface area contributed by atoms with Crippen LogP contribution in [0.15, 0.2) is 59.2 Å². The van der Waals surface area contributed by atoms with Gasteiger partial charge in [-0.05, 0) is 65.5 Å². The largest absolute Gasteiger partial charge is 0.423 e. The number of carbonyl (C=O) groups excluding carboxylic acids is 2. The zero-order chi connectivity index (χ0) is 18.7. The molecule has 0 unspecified atom stereocenters. The fourth-order valence-electron chi connectivity index (χ4n) is 2.32. The molecule has 0 aliphatic rings. The van der Waals surface area contributed by atoms with Crippen LogP contribution in [0.25, 0.3) is 0 Å². The normalized spacial score (nSPS) is 11.8. The summed E-state index contributed by atoms with van der Waals surface area (Å²) in [4.78, 5) is 22.9. The molecule has 3 heteroatoms. The second-order valence-corrected chi connectivity index (χ2v) is 6.48. The van der Waals surface area contributed by atoms with Gasteiger partial charge >= 0.3 is 5.97 Å². The van der Waals surface area contributed by atoms with E-state index in [1.165, 1.54) is 17.2 Å². The number of hydrogen-bond donors (Lipinski definition) is 0. The van der Waals surface area contributed by atoms with Gasteiger partial charge < -0.3 is 4.74 Å². The Kier molecular flexibility index (Phi) is 9.23. The van der Waals surface area contributed by atoms with E-state index in [-0.39, 0.29) is 0 Å². The molecule has 3 nitrogen and oxygen atoms in total. The molecular weight excluding hydrogens is 312 g/mol. The first-order valence-electron chi connectivity index (χ1n) is 8.64. The fraction of sp³-hybridized carbons (Fsp3) is 0.364. The highest BCUT2D eigenvalue weighted by Gasteiger charge is 2.06. The molecule has 0 spiro atoms. The van der Waals surface area contributed by atoms with E-state index in [1.54, 1.807) is 24.3 Å². The van der Waals surface area contributed by atoms with Gasteiger partial charge in [0.05, 0.1) is 5.56 Å². The predicted molar refractivity (Wildman–Crippen MR) is 103 cm³/mol. The van der Waals surface area contributed by atoms with Gasteiger partial charge in [0.1, 0.15) is 5.75 Å². The summed E-state index contributed by atoms with van der Waals surface area (Å²) >= 11 is 0. The highest BCUT2D eigenvalue weighted by molar-refractivity contribution is 5.87. The molecule has 0 aromatic heterocycles. The molecule has 0 amide bonds. The summed E-state index contributed by atoms with van der Waals surface area (Å²) in [6.45, 7) is 8.28. The van der Waals surface area contributed by atoms with Crippen molar-refractivity contribution in [2.75, 3.05) is 0 Å². The maximum absolute atomic E-state index is 12.0. The maximum Gasteiger partial charge on any atom is 0.336 e. The lowest BCUT2D eigenvalue weighted by atomic mass is 10.1. The smallest absolute Gasteiger partial charge is 0.336 e. The third-order valence-electron chi connectivity index (χ3n) is 3.74. The van der Waals surface area contributed by atoms with Gasteiger partial charge in [-0.1, -0.05) is 41.0 Å². The van der Waals surface area contributed by atoms with Crippen molar-refractivity contribution in [1.29, 1.82) is 0 Å². The first-order chi connectivity index (χ1) is 11.9. The van der Waals surface area contributed by atoms with Crippen molar-refractivity contribution >= 4 is 12.3 Å². The van der Waals surface area contributed by atoms with Crippen LogP contribution in [0.1, 0.15) is 63.7 Å². The van der Waals surface area contributed by atoms with Crippen LogP contribution in [-0.2, 0) is 4.79 Å². The molecule has 1 aromatic rings. The van der Waals surface area contributed by atoms with Crippen LogP contribution in [0.3, 0.4) is 0 Å². The molecule has 0 saturated heterocycles. The molecular formula is C22H28O3. The molecule has 0 aliphatic heterocycles. The highest BCUT2D eigenvalue weighted by atomic mass is 16.5. The van der Waals surface area contributed by atoms with Crippen LogP contribution in [-0.4, -0.2) is 12.3 Å². The lowest BCUT2D eigenvalue weighted by Crippen LogP contribution is -2.06. The zero-order valence-electron chi connectivity index (χ0n) is 15.7. The van der Waals surface area contributed by atoms with Crippen LogP contribution >= 0.6 is 0 Å². The number of ether oxygens (including phenoxy) is 1. The Bertz CT molecular complexity index is 674. The first kappa shape index (κ1) is 20.6. The maximum atomic E-state index is 12.0. The Morgan fingerprint density at radius 3 is 2.28 bits per heavy atom. The standard InChI is InChI=1S/C22H28O3/c1-17(2)9-7-10-18(3)11-8-12-19(4)15-22(24)25-21-14-6-5-13-20(21)16-23/h5-6,9,11,13-16H,7-8,10,12H2,1-4H3/b18-11+,19-15+. The van der Waals surface area contributed by atoms with Crippen molar-refractivity contribution in [2.45, 2.75) is 53.4 Å². The van der Waals surface area contributed by atoms with Crippen molar-refractivity contribution < 1.29 is 14.3 Å². The average molecular weight is 340 g/mol.